The highest BCUT2D eigenvalue weighted by Crippen LogP contribution is 2.19. The van der Waals surface area contributed by atoms with Crippen LogP contribution >= 0.6 is 11.3 Å². The van der Waals surface area contributed by atoms with Crippen molar-refractivity contribution in [3.05, 3.63) is 82.0 Å². The van der Waals surface area contributed by atoms with Crippen LogP contribution in [0.2, 0.25) is 0 Å². The van der Waals surface area contributed by atoms with Gasteiger partial charge in [-0.1, -0.05) is 24.3 Å². The maximum Gasteiger partial charge on any atom is 0.257 e. The lowest BCUT2D eigenvalue weighted by Gasteiger charge is -2.11. The van der Waals surface area contributed by atoms with E-state index in [2.05, 4.69) is 10.6 Å². The summed E-state index contributed by atoms with van der Waals surface area (Å²) in [6.45, 7) is 1.47. The SMILES string of the molecule is CC(=O)c1cccc(NC(=O)c2ccccc2NC(=O)c2ccsc2)c1. The van der Waals surface area contributed by atoms with Gasteiger partial charge < -0.3 is 10.6 Å². The first-order valence-corrected chi connectivity index (χ1v) is 8.84. The predicted octanol–water partition coefficient (Wildman–Crippen LogP) is 4.46. The number of rotatable bonds is 5. The molecule has 26 heavy (non-hydrogen) atoms. The Bertz CT molecular complexity index is 965. The molecule has 5 nitrogen and oxygen atoms in total. The van der Waals surface area contributed by atoms with Crippen molar-refractivity contribution in [2.24, 2.45) is 0 Å². The first-order chi connectivity index (χ1) is 12.5. The van der Waals surface area contributed by atoms with Gasteiger partial charge in [-0.15, -0.1) is 0 Å². The molecule has 2 amide bonds. The smallest absolute Gasteiger partial charge is 0.257 e. The monoisotopic (exact) mass is 364 g/mol. The number of ketones is 1. The Hall–Kier alpha value is -3.25. The van der Waals surface area contributed by atoms with E-state index in [1.807, 2.05) is 5.38 Å². The van der Waals surface area contributed by atoms with Gasteiger partial charge in [0.2, 0.25) is 0 Å². The summed E-state index contributed by atoms with van der Waals surface area (Å²) in [6, 6.07) is 15.2. The summed E-state index contributed by atoms with van der Waals surface area (Å²) >= 11 is 1.43. The zero-order valence-corrected chi connectivity index (χ0v) is 14.8. The molecule has 0 saturated carbocycles. The van der Waals surface area contributed by atoms with E-state index < -0.39 is 0 Å². The number of hydrogen-bond acceptors (Lipinski definition) is 4. The Labute approximate surface area is 154 Å². The standard InChI is InChI=1S/C20H16N2O3S/c1-13(23)14-5-4-6-16(11-14)21-20(25)17-7-2-3-8-18(17)22-19(24)15-9-10-26-12-15/h2-12H,1H3,(H,21,25)(H,22,24). The fourth-order valence-electron chi connectivity index (χ4n) is 2.39. The van der Waals surface area contributed by atoms with Crippen LogP contribution in [0.1, 0.15) is 38.0 Å². The van der Waals surface area contributed by atoms with Crippen LogP contribution in [0.25, 0.3) is 0 Å². The lowest BCUT2D eigenvalue weighted by atomic mass is 10.1. The molecule has 1 heterocycles. The number of para-hydroxylation sites is 1. The summed E-state index contributed by atoms with van der Waals surface area (Å²) in [6.07, 6.45) is 0. The van der Waals surface area contributed by atoms with Crippen LogP contribution in [0.3, 0.4) is 0 Å². The van der Waals surface area contributed by atoms with Gasteiger partial charge in [0, 0.05) is 16.6 Å². The molecule has 0 aliphatic rings. The number of thiophene rings is 1. The summed E-state index contributed by atoms with van der Waals surface area (Å²) in [5.74, 6) is -0.721. The Morgan fingerprint density at radius 1 is 0.846 bits per heavy atom. The molecule has 0 unspecified atom stereocenters. The minimum atomic E-state index is -0.369. The molecular formula is C20H16N2O3S. The fraction of sp³-hybridized carbons (Fsp3) is 0.0500. The van der Waals surface area contributed by atoms with Gasteiger partial charge in [-0.25, -0.2) is 0 Å². The van der Waals surface area contributed by atoms with Crippen molar-refractivity contribution in [1.82, 2.24) is 0 Å². The third-order valence-corrected chi connectivity index (χ3v) is 4.41. The van der Waals surface area contributed by atoms with Gasteiger partial charge in [0.15, 0.2) is 5.78 Å². The summed E-state index contributed by atoms with van der Waals surface area (Å²) in [7, 11) is 0. The largest absolute Gasteiger partial charge is 0.322 e. The van der Waals surface area contributed by atoms with Gasteiger partial charge in [-0.05, 0) is 42.6 Å². The Balaban J connectivity index is 1.81. The number of benzene rings is 2. The van der Waals surface area contributed by atoms with Crippen LogP contribution in [0.15, 0.2) is 65.4 Å². The first-order valence-electron chi connectivity index (χ1n) is 7.89. The molecule has 130 valence electrons. The molecule has 0 aliphatic carbocycles. The minimum Gasteiger partial charge on any atom is -0.322 e. The van der Waals surface area contributed by atoms with E-state index in [0.717, 1.165) is 0 Å². The van der Waals surface area contributed by atoms with Gasteiger partial charge >= 0.3 is 0 Å². The highest BCUT2D eigenvalue weighted by atomic mass is 32.1. The predicted molar refractivity (Wildman–Crippen MR) is 103 cm³/mol. The Morgan fingerprint density at radius 3 is 2.38 bits per heavy atom. The quantitative estimate of drug-likeness (QED) is 0.657. The maximum absolute atomic E-state index is 12.6. The summed E-state index contributed by atoms with van der Waals surface area (Å²) in [5.41, 5.74) is 2.33. The fourth-order valence-corrected chi connectivity index (χ4v) is 3.03. The van der Waals surface area contributed by atoms with E-state index in [1.165, 1.54) is 18.3 Å². The highest BCUT2D eigenvalue weighted by Gasteiger charge is 2.15. The molecule has 0 radical (unpaired) electrons. The van der Waals surface area contributed by atoms with E-state index in [1.54, 1.807) is 60.0 Å². The second-order valence-electron chi connectivity index (χ2n) is 5.60. The summed E-state index contributed by atoms with van der Waals surface area (Å²) in [4.78, 5) is 36.4. The van der Waals surface area contributed by atoms with Crippen LogP contribution < -0.4 is 10.6 Å². The first kappa shape index (κ1) is 17.6. The Morgan fingerprint density at radius 2 is 1.65 bits per heavy atom. The van der Waals surface area contributed by atoms with Gasteiger partial charge in [0.25, 0.3) is 11.8 Å². The average Bonchev–Trinajstić information content (AvgIpc) is 3.17. The number of carbonyl (C=O) groups excluding carboxylic acids is 3. The minimum absolute atomic E-state index is 0.0791. The van der Waals surface area contributed by atoms with Crippen LogP contribution in [0, 0.1) is 0 Å². The molecule has 3 rings (SSSR count). The molecule has 0 fully saturated rings. The molecule has 0 saturated heterocycles. The molecule has 0 bridgehead atoms. The van der Waals surface area contributed by atoms with Crippen LogP contribution in [0.4, 0.5) is 11.4 Å². The van der Waals surface area contributed by atoms with Gasteiger partial charge in [0.1, 0.15) is 0 Å². The molecular weight excluding hydrogens is 348 g/mol. The van der Waals surface area contributed by atoms with Gasteiger partial charge in [0.05, 0.1) is 16.8 Å². The maximum atomic E-state index is 12.6. The van der Waals surface area contributed by atoms with Crippen molar-refractivity contribution in [1.29, 1.82) is 0 Å². The summed E-state index contributed by atoms with van der Waals surface area (Å²) in [5, 5.41) is 9.08. The molecule has 6 heteroatoms. The number of amides is 2. The van der Waals surface area contributed by atoms with E-state index >= 15 is 0 Å². The third-order valence-electron chi connectivity index (χ3n) is 3.73. The molecule has 3 aromatic rings. The average molecular weight is 364 g/mol. The molecule has 0 spiro atoms. The van der Waals surface area contributed by atoms with Crippen LogP contribution in [-0.2, 0) is 0 Å². The van der Waals surface area contributed by atoms with Crippen molar-refractivity contribution in [2.45, 2.75) is 6.92 Å². The highest BCUT2D eigenvalue weighted by molar-refractivity contribution is 7.08. The molecule has 0 aliphatic heterocycles. The summed E-state index contributed by atoms with van der Waals surface area (Å²) < 4.78 is 0. The van der Waals surface area contributed by atoms with E-state index in [4.69, 9.17) is 0 Å². The van der Waals surface area contributed by atoms with Crippen molar-refractivity contribution >= 4 is 40.3 Å². The second kappa shape index (κ2) is 7.76. The van der Waals surface area contributed by atoms with Gasteiger partial charge in [-0.3, -0.25) is 14.4 Å². The Kier molecular flexibility index (Phi) is 5.24. The van der Waals surface area contributed by atoms with E-state index in [-0.39, 0.29) is 17.6 Å². The number of nitrogens with one attached hydrogen (secondary N) is 2. The number of anilines is 2. The zero-order valence-electron chi connectivity index (χ0n) is 14.0. The molecule has 0 atom stereocenters. The van der Waals surface area contributed by atoms with Crippen molar-refractivity contribution in [2.75, 3.05) is 10.6 Å². The lowest BCUT2D eigenvalue weighted by molar-refractivity contribution is 0.100. The number of Topliss-reactive ketones (excluding diaryl/α,β-unsaturated/α-hetero) is 1. The number of hydrogen-bond donors (Lipinski definition) is 2. The van der Waals surface area contributed by atoms with Crippen LogP contribution in [0.5, 0.6) is 0 Å². The lowest BCUT2D eigenvalue weighted by Crippen LogP contribution is -2.18. The topological polar surface area (TPSA) is 75.3 Å². The van der Waals surface area contributed by atoms with E-state index in [9.17, 15) is 14.4 Å². The second-order valence-corrected chi connectivity index (χ2v) is 6.38. The molecule has 2 aromatic carbocycles. The molecule has 2 N–H and O–H groups in total. The van der Waals surface area contributed by atoms with Crippen molar-refractivity contribution in [3.8, 4) is 0 Å². The number of carbonyl (C=O) groups is 3. The normalized spacial score (nSPS) is 10.2. The van der Waals surface area contributed by atoms with Gasteiger partial charge in [-0.2, -0.15) is 11.3 Å². The molecule has 1 aromatic heterocycles. The van der Waals surface area contributed by atoms with E-state index in [0.29, 0.717) is 28.1 Å². The third kappa shape index (κ3) is 4.04. The van der Waals surface area contributed by atoms with Crippen molar-refractivity contribution in [3.63, 3.8) is 0 Å². The zero-order chi connectivity index (χ0) is 18.5. The van der Waals surface area contributed by atoms with Crippen molar-refractivity contribution < 1.29 is 14.4 Å². The van der Waals surface area contributed by atoms with Crippen LogP contribution in [-0.4, -0.2) is 17.6 Å².